The maximum atomic E-state index is 10.0. The van der Waals surface area contributed by atoms with Gasteiger partial charge in [-0.05, 0) is 72.9 Å². The predicted octanol–water partition coefficient (Wildman–Crippen LogP) is 6.35. The molecule has 1 fully saturated rings. The van der Waals surface area contributed by atoms with Gasteiger partial charge in [-0.1, -0.05) is 31.2 Å². The summed E-state index contributed by atoms with van der Waals surface area (Å²) in [6.07, 6.45) is 0.140. The average Bonchev–Trinajstić information content (AvgIpc) is 2.82. The highest BCUT2D eigenvalue weighted by Crippen LogP contribution is 2.47. The Morgan fingerprint density at radius 1 is 1.00 bits per heavy atom. The van der Waals surface area contributed by atoms with Gasteiger partial charge in [0, 0.05) is 43.2 Å². The Morgan fingerprint density at radius 2 is 1.70 bits per heavy atom. The molecule has 170 valence electrons. The van der Waals surface area contributed by atoms with Crippen molar-refractivity contribution >= 4 is 22.9 Å². The van der Waals surface area contributed by atoms with Crippen molar-refractivity contribution in [1.82, 2.24) is 4.90 Å². The van der Waals surface area contributed by atoms with Gasteiger partial charge in [0.1, 0.15) is 23.4 Å². The third-order valence-electron chi connectivity index (χ3n) is 6.17. The van der Waals surface area contributed by atoms with Crippen LogP contribution in [0.15, 0.2) is 71.6 Å². The Hall–Kier alpha value is -2.89. The molecule has 1 atom stereocenters. The molecule has 2 aliphatic heterocycles. The molecule has 1 unspecified atom stereocenters. The first-order valence-electron chi connectivity index (χ1n) is 12.3. The fourth-order valence-corrected chi connectivity index (χ4v) is 5.66. The van der Waals surface area contributed by atoms with Crippen LogP contribution < -0.4 is 4.74 Å². The summed E-state index contributed by atoms with van der Waals surface area (Å²) >= 11 is 1.78. The monoisotopic (exact) mass is 461 g/mol. The number of benzene rings is 3. The lowest BCUT2D eigenvalue weighted by atomic mass is 9.86. The van der Waals surface area contributed by atoms with E-state index in [0.717, 1.165) is 45.8 Å². The maximum Gasteiger partial charge on any atom is 0.150 e. The van der Waals surface area contributed by atoms with Gasteiger partial charge in [-0.15, -0.1) is 11.8 Å². The number of hydrogen-bond donors (Lipinski definition) is 2. The van der Waals surface area contributed by atoms with Gasteiger partial charge in [-0.3, -0.25) is 0 Å². The summed E-state index contributed by atoms with van der Waals surface area (Å²) < 4.78 is 22.6. The molecule has 4 nitrogen and oxygen atoms in total. The molecule has 0 aliphatic carbocycles. The number of nitrogens with zero attached hydrogens (tertiary/aromatic N) is 1. The van der Waals surface area contributed by atoms with Crippen molar-refractivity contribution in [2.45, 2.75) is 36.5 Å². The fourth-order valence-electron chi connectivity index (χ4n) is 4.47. The molecule has 0 saturated carbocycles. The van der Waals surface area contributed by atoms with Gasteiger partial charge in [0.15, 0.2) is 0 Å². The van der Waals surface area contributed by atoms with Gasteiger partial charge < -0.3 is 19.8 Å². The molecule has 0 bridgehead atoms. The van der Waals surface area contributed by atoms with Gasteiger partial charge in [0.2, 0.25) is 0 Å². The minimum absolute atomic E-state index is 0.164. The maximum absolute atomic E-state index is 10.0. The first-order chi connectivity index (χ1) is 16.7. The molecule has 2 heterocycles. The molecule has 3 aromatic carbocycles. The van der Waals surface area contributed by atoms with Crippen LogP contribution in [0.1, 0.15) is 45.8 Å². The number of thioether (sulfide) groups is 1. The second-order valence-electron chi connectivity index (χ2n) is 8.49. The van der Waals surface area contributed by atoms with E-state index in [9.17, 15) is 10.2 Å². The van der Waals surface area contributed by atoms with Crippen LogP contribution in [0.25, 0.3) is 11.1 Å². The highest BCUT2D eigenvalue weighted by Gasteiger charge is 2.30. The summed E-state index contributed by atoms with van der Waals surface area (Å²) in [5.41, 5.74) is 5.02. The molecular weight excluding hydrogens is 430 g/mol. The second kappa shape index (κ2) is 9.16. The van der Waals surface area contributed by atoms with Gasteiger partial charge >= 0.3 is 0 Å². The highest BCUT2D eigenvalue weighted by atomic mass is 32.2. The Balaban J connectivity index is 1.41. The van der Waals surface area contributed by atoms with E-state index < -0.39 is 6.50 Å². The van der Waals surface area contributed by atoms with Gasteiger partial charge in [-0.25, -0.2) is 0 Å². The van der Waals surface area contributed by atoms with E-state index in [0.29, 0.717) is 17.4 Å². The molecule has 0 spiro atoms. The summed E-state index contributed by atoms with van der Waals surface area (Å²) in [5.74, 6) is 1.03. The van der Waals surface area contributed by atoms with Crippen LogP contribution in [-0.2, 0) is 0 Å². The van der Waals surface area contributed by atoms with Crippen molar-refractivity contribution in [3.8, 4) is 17.2 Å². The Kier molecular flexibility index (Phi) is 5.43. The predicted molar refractivity (Wildman–Crippen MR) is 135 cm³/mol. The van der Waals surface area contributed by atoms with Crippen LogP contribution >= 0.6 is 11.8 Å². The van der Waals surface area contributed by atoms with Crippen molar-refractivity contribution in [3.63, 3.8) is 0 Å². The van der Waals surface area contributed by atoms with E-state index in [1.165, 1.54) is 0 Å². The fraction of sp³-hybridized carbons (Fsp3) is 0.286. The Bertz CT molecular complexity index is 1250. The molecular formula is C28H29NO3S. The van der Waals surface area contributed by atoms with Crippen molar-refractivity contribution in [2.24, 2.45) is 0 Å². The summed E-state index contributed by atoms with van der Waals surface area (Å²) in [6.45, 7) is 4.24. The minimum atomic E-state index is -1.22. The van der Waals surface area contributed by atoms with Gasteiger partial charge in [0.05, 0.1) is 0 Å². The number of phenolic OH excluding ortho intramolecular Hbond substituents is 2. The zero-order valence-corrected chi connectivity index (χ0v) is 19.6. The van der Waals surface area contributed by atoms with Crippen molar-refractivity contribution < 1.29 is 17.7 Å². The zero-order chi connectivity index (χ0) is 24.7. The number of likely N-dealkylation sites (tertiary alicyclic amines) is 1. The standard InChI is InChI=1S/C28H29NO3S/c1-3-14-29-16-24(17-29)33-23-11-6-20(7-12-23)28-27(19-4-8-21(30)9-5-19)18(2)25-13-10-22(31)15-26(25)32-28/h4-13,15,24,28,30-31H,3,14,16-17H2,1-2H3/i14D2. The molecule has 33 heavy (non-hydrogen) atoms. The molecule has 1 saturated heterocycles. The van der Waals surface area contributed by atoms with Crippen LogP contribution in [0.2, 0.25) is 0 Å². The lowest BCUT2D eigenvalue weighted by Gasteiger charge is -2.38. The highest BCUT2D eigenvalue weighted by molar-refractivity contribution is 8.00. The third kappa shape index (κ3) is 4.48. The first kappa shape index (κ1) is 19.6. The van der Waals surface area contributed by atoms with Gasteiger partial charge in [-0.2, -0.15) is 0 Å². The lowest BCUT2D eigenvalue weighted by molar-refractivity contribution is 0.191. The molecule has 5 heteroatoms. The van der Waals surface area contributed by atoms with Crippen LogP contribution in [0.5, 0.6) is 17.2 Å². The molecule has 2 aliphatic rings. The summed E-state index contributed by atoms with van der Waals surface area (Å²) in [5, 5.41) is 20.2. The minimum Gasteiger partial charge on any atom is -0.508 e. The normalized spacial score (nSPS) is 19.9. The average molecular weight is 462 g/mol. The van der Waals surface area contributed by atoms with Crippen molar-refractivity contribution in [1.29, 1.82) is 0 Å². The Morgan fingerprint density at radius 3 is 2.39 bits per heavy atom. The molecule has 2 N–H and O–H groups in total. The second-order valence-corrected chi connectivity index (χ2v) is 9.86. The van der Waals surface area contributed by atoms with Crippen LogP contribution in [-0.4, -0.2) is 39.9 Å². The quantitative estimate of drug-likeness (QED) is 0.448. The topological polar surface area (TPSA) is 52.9 Å². The zero-order valence-electron chi connectivity index (χ0n) is 20.8. The van der Waals surface area contributed by atoms with Crippen molar-refractivity contribution in [2.75, 3.05) is 19.6 Å². The number of phenols is 2. The van der Waals surface area contributed by atoms with E-state index in [2.05, 4.69) is 31.2 Å². The molecule has 3 aromatic rings. The number of allylic oxidation sites excluding steroid dienone is 1. The van der Waals surface area contributed by atoms with E-state index in [-0.39, 0.29) is 17.6 Å². The van der Waals surface area contributed by atoms with E-state index in [1.807, 2.05) is 30.0 Å². The van der Waals surface area contributed by atoms with E-state index in [4.69, 9.17) is 7.48 Å². The largest absolute Gasteiger partial charge is 0.508 e. The first-order valence-corrected chi connectivity index (χ1v) is 12.1. The third-order valence-corrected chi connectivity index (χ3v) is 7.35. The Labute approximate surface area is 202 Å². The molecule has 5 rings (SSSR count). The number of fused-ring (bicyclic) bond motifs is 1. The number of aromatic hydroxyl groups is 2. The summed E-state index contributed by atoms with van der Waals surface area (Å²) in [4.78, 5) is 3.05. The SMILES string of the molecule is [2H]C([2H])(CC)N1CC(Sc2ccc(C3Oc4cc(O)ccc4C(C)=C3c3ccc(O)cc3)cc2)C1. The van der Waals surface area contributed by atoms with Crippen LogP contribution in [0.4, 0.5) is 0 Å². The van der Waals surface area contributed by atoms with E-state index >= 15 is 0 Å². The van der Waals surface area contributed by atoms with Gasteiger partial charge in [0.25, 0.3) is 0 Å². The molecule has 0 radical (unpaired) electrons. The molecule has 0 amide bonds. The summed E-state index contributed by atoms with van der Waals surface area (Å²) in [7, 11) is 0. The molecule has 0 aromatic heterocycles. The lowest BCUT2D eigenvalue weighted by Crippen LogP contribution is -2.48. The van der Waals surface area contributed by atoms with Crippen molar-refractivity contribution in [3.05, 3.63) is 83.4 Å². The van der Waals surface area contributed by atoms with E-state index in [1.54, 1.807) is 36.0 Å². The smallest absolute Gasteiger partial charge is 0.150 e. The van der Waals surface area contributed by atoms with Crippen LogP contribution in [0.3, 0.4) is 0 Å². The van der Waals surface area contributed by atoms with Crippen LogP contribution in [0, 0.1) is 0 Å². The number of ether oxygens (including phenoxy) is 1. The number of hydrogen-bond acceptors (Lipinski definition) is 5. The summed E-state index contributed by atoms with van der Waals surface area (Å²) in [6, 6.07) is 20.7. The number of rotatable bonds is 6.